The minimum absolute atomic E-state index is 0.0343. The van der Waals surface area contributed by atoms with Crippen molar-refractivity contribution in [3.8, 4) is 33.9 Å². The first-order valence-electron chi connectivity index (χ1n) is 12.8. The van der Waals surface area contributed by atoms with Crippen molar-refractivity contribution in [1.82, 2.24) is 35.1 Å². The van der Waals surface area contributed by atoms with Crippen molar-refractivity contribution in [2.24, 2.45) is 5.92 Å². The highest BCUT2D eigenvalue weighted by Crippen LogP contribution is 2.32. The number of aryl methyl sites for hydroxylation is 1. The summed E-state index contributed by atoms with van der Waals surface area (Å²) in [5.41, 5.74) is 7.53. The van der Waals surface area contributed by atoms with Crippen molar-refractivity contribution < 1.29 is 9.18 Å². The maximum absolute atomic E-state index is 14.1. The number of carbonyl (C=O) groups excluding carboxylic acids is 1. The smallest absolute Gasteiger partial charge is 0.227 e. The standard InChI is InChI=1S/C29H23FN8O/c1-15-9-17(11-19(30)10-15)21-7-8-32-27-24(21)35-28(36-27)26-25-23(37-38-26)6-5-22(34-25)18-12-20(14-31-13-18)33-29(39)16-3-2-4-16/h5-14,16H,2-4H2,1H3,(H,33,39)(H,37,38)(H,32,35,36). The summed E-state index contributed by atoms with van der Waals surface area (Å²) in [4.78, 5) is 34.0. The number of fused-ring (bicyclic) bond motifs is 2. The fourth-order valence-corrected chi connectivity index (χ4v) is 4.94. The van der Waals surface area contributed by atoms with Crippen LogP contribution in [0.4, 0.5) is 10.1 Å². The van der Waals surface area contributed by atoms with Gasteiger partial charge in [0.05, 0.1) is 28.6 Å². The number of anilines is 1. The fourth-order valence-electron chi connectivity index (χ4n) is 4.94. The van der Waals surface area contributed by atoms with Crippen LogP contribution in [0.5, 0.6) is 0 Å². The molecule has 9 nitrogen and oxygen atoms in total. The van der Waals surface area contributed by atoms with E-state index >= 15 is 0 Å². The Balaban J connectivity index is 1.27. The van der Waals surface area contributed by atoms with Crippen molar-refractivity contribution in [3.63, 3.8) is 0 Å². The number of H-pyrrole nitrogens is 2. The van der Waals surface area contributed by atoms with E-state index < -0.39 is 0 Å². The molecule has 0 atom stereocenters. The van der Waals surface area contributed by atoms with Gasteiger partial charge in [0.15, 0.2) is 17.2 Å². The monoisotopic (exact) mass is 518 g/mol. The van der Waals surface area contributed by atoms with Crippen LogP contribution in [0.2, 0.25) is 0 Å². The topological polar surface area (TPSA) is 125 Å². The van der Waals surface area contributed by atoms with Gasteiger partial charge in [-0.25, -0.2) is 19.3 Å². The van der Waals surface area contributed by atoms with E-state index in [1.807, 2.05) is 37.3 Å². The second kappa shape index (κ2) is 9.09. The van der Waals surface area contributed by atoms with E-state index in [0.717, 1.165) is 47.0 Å². The maximum atomic E-state index is 14.1. The van der Waals surface area contributed by atoms with Crippen LogP contribution in [0.3, 0.4) is 0 Å². The van der Waals surface area contributed by atoms with Crippen LogP contribution in [0.25, 0.3) is 56.1 Å². The number of hydrogen-bond acceptors (Lipinski definition) is 6. The lowest BCUT2D eigenvalue weighted by molar-refractivity contribution is -0.122. The summed E-state index contributed by atoms with van der Waals surface area (Å²) in [5.74, 6) is 0.312. The number of nitrogens with one attached hydrogen (secondary N) is 3. The molecule has 0 saturated heterocycles. The van der Waals surface area contributed by atoms with E-state index in [1.54, 1.807) is 18.6 Å². The van der Waals surface area contributed by atoms with E-state index in [4.69, 9.17) is 4.98 Å². The molecule has 192 valence electrons. The Hall–Kier alpha value is -4.99. The van der Waals surface area contributed by atoms with Crippen LogP contribution in [0.15, 0.2) is 61.1 Å². The fraction of sp³-hybridized carbons (Fsp3) is 0.172. The molecule has 0 unspecified atom stereocenters. The van der Waals surface area contributed by atoms with Crippen molar-refractivity contribution in [2.45, 2.75) is 26.2 Å². The number of aromatic amines is 2. The molecule has 3 N–H and O–H groups in total. The highest BCUT2D eigenvalue weighted by atomic mass is 19.1. The van der Waals surface area contributed by atoms with Crippen LogP contribution < -0.4 is 5.32 Å². The quantitative estimate of drug-likeness (QED) is 0.264. The normalized spacial score (nSPS) is 13.6. The summed E-state index contributed by atoms with van der Waals surface area (Å²) in [5, 5.41) is 10.5. The van der Waals surface area contributed by atoms with E-state index in [2.05, 4.69) is 35.5 Å². The second-order valence-corrected chi connectivity index (χ2v) is 9.90. The molecule has 1 fully saturated rings. The molecule has 5 heterocycles. The SMILES string of the molecule is Cc1cc(F)cc(-c2ccnc3nc(-c4n[nH]c5ccc(-c6cncc(NC(=O)C7CCC7)c6)nc45)[nH]c23)c1. The highest BCUT2D eigenvalue weighted by molar-refractivity contribution is 5.96. The van der Waals surface area contributed by atoms with Gasteiger partial charge in [-0.1, -0.05) is 12.5 Å². The number of rotatable bonds is 5. The number of amides is 1. The van der Waals surface area contributed by atoms with Crippen LogP contribution in [0.1, 0.15) is 24.8 Å². The molecule has 39 heavy (non-hydrogen) atoms. The minimum Gasteiger partial charge on any atom is -0.335 e. The molecule has 6 aromatic rings. The molecule has 0 radical (unpaired) electrons. The molecular weight excluding hydrogens is 495 g/mol. The zero-order valence-corrected chi connectivity index (χ0v) is 21.0. The summed E-state index contributed by atoms with van der Waals surface area (Å²) in [6, 6.07) is 12.4. The highest BCUT2D eigenvalue weighted by Gasteiger charge is 2.25. The molecular formula is C29H23FN8O. The van der Waals surface area contributed by atoms with Gasteiger partial charge in [-0.2, -0.15) is 5.10 Å². The predicted molar refractivity (Wildman–Crippen MR) is 146 cm³/mol. The summed E-state index contributed by atoms with van der Waals surface area (Å²) in [7, 11) is 0. The van der Waals surface area contributed by atoms with Crippen LogP contribution in [-0.2, 0) is 4.79 Å². The zero-order chi connectivity index (χ0) is 26.5. The van der Waals surface area contributed by atoms with Gasteiger partial charge in [0.1, 0.15) is 11.3 Å². The van der Waals surface area contributed by atoms with Crippen LogP contribution >= 0.6 is 0 Å². The Bertz CT molecular complexity index is 1870. The first-order valence-corrected chi connectivity index (χ1v) is 12.8. The van der Waals surface area contributed by atoms with E-state index in [-0.39, 0.29) is 17.6 Å². The Labute approximate surface area is 222 Å². The number of carbonyl (C=O) groups is 1. The molecule has 1 amide bonds. The lowest BCUT2D eigenvalue weighted by Gasteiger charge is -2.24. The Morgan fingerprint density at radius 2 is 1.95 bits per heavy atom. The molecule has 0 spiro atoms. The van der Waals surface area contributed by atoms with Gasteiger partial charge in [0, 0.05) is 29.4 Å². The van der Waals surface area contributed by atoms with E-state index in [9.17, 15) is 9.18 Å². The molecule has 7 rings (SSSR count). The Morgan fingerprint density at radius 3 is 2.77 bits per heavy atom. The number of hydrogen-bond donors (Lipinski definition) is 3. The van der Waals surface area contributed by atoms with Crippen molar-refractivity contribution in [2.75, 3.05) is 5.32 Å². The Morgan fingerprint density at radius 1 is 1.05 bits per heavy atom. The predicted octanol–water partition coefficient (Wildman–Crippen LogP) is 5.81. The summed E-state index contributed by atoms with van der Waals surface area (Å²) < 4.78 is 14.1. The first kappa shape index (κ1) is 23.2. The number of halogens is 1. The van der Waals surface area contributed by atoms with Gasteiger partial charge in [-0.3, -0.25) is 14.9 Å². The lowest BCUT2D eigenvalue weighted by atomic mass is 9.85. The van der Waals surface area contributed by atoms with E-state index in [0.29, 0.717) is 39.6 Å². The molecule has 0 aliphatic heterocycles. The number of aromatic nitrogens is 7. The van der Waals surface area contributed by atoms with Gasteiger partial charge in [-0.05, 0) is 67.3 Å². The second-order valence-electron chi connectivity index (χ2n) is 9.90. The number of nitrogens with zero attached hydrogens (tertiary/aromatic N) is 5. The summed E-state index contributed by atoms with van der Waals surface area (Å²) >= 11 is 0. The molecule has 1 aliphatic carbocycles. The van der Waals surface area contributed by atoms with Gasteiger partial charge in [0.2, 0.25) is 5.91 Å². The molecule has 5 aromatic heterocycles. The average Bonchev–Trinajstić information content (AvgIpc) is 3.50. The van der Waals surface area contributed by atoms with Crippen molar-refractivity contribution in [3.05, 3.63) is 72.4 Å². The lowest BCUT2D eigenvalue weighted by Crippen LogP contribution is -2.28. The molecule has 10 heteroatoms. The first-order chi connectivity index (χ1) is 19.0. The maximum Gasteiger partial charge on any atom is 0.227 e. The third kappa shape index (κ3) is 4.19. The van der Waals surface area contributed by atoms with E-state index in [1.165, 1.54) is 12.1 Å². The molecule has 1 aromatic carbocycles. The third-order valence-electron chi connectivity index (χ3n) is 7.15. The Kier molecular flexibility index (Phi) is 5.39. The zero-order valence-electron chi connectivity index (χ0n) is 21.0. The number of benzene rings is 1. The van der Waals surface area contributed by atoms with Crippen LogP contribution in [0, 0.1) is 18.7 Å². The number of pyridine rings is 3. The summed E-state index contributed by atoms with van der Waals surface area (Å²) in [6.45, 7) is 1.86. The molecule has 0 bridgehead atoms. The average molecular weight is 519 g/mol. The van der Waals surface area contributed by atoms with Gasteiger partial charge >= 0.3 is 0 Å². The molecule has 1 aliphatic rings. The largest absolute Gasteiger partial charge is 0.335 e. The van der Waals surface area contributed by atoms with Crippen molar-refractivity contribution >= 4 is 33.8 Å². The van der Waals surface area contributed by atoms with Crippen LogP contribution in [-0.4, -0.2) is 41.0 Å². The third-order valence-corrected chi connectivity index (χ3v) is 7.15. The number of imidazole rings is 1. The van der Waals surface area contributed by atoms with Gasteiger partial charge in [-0.15, -0.1) is 0 Å². The molecule has 1 saturated carbocycles. The van der Waals surface area contributed by atoms with Crippen molar-refractivity contribution in [1.29, 1.82) is 0 Å². The van der Waals surface area contributed by atoms with Gasteiger partial charge in [0.25, 0.3) is 0 Å². The minimum atomic E-state index is -0.300. The summed E-state index contributed by atoms with van der Waals surface area (Å²) in [6.07, 6.45) is 7.97. The van der Waals surface area contributed by atoms with Gasteiger partial charge < -0.3 is 10.3 Å².